The molecule has 0 fully saturated rings. The van der Waals surface area contributed by atoms with Crippen molar-refractivity contribution in [1.29, 1.82) is 0 Å². The van der Waals surface area contributed by atoms with Crippen LogP contribution >= 0.6 is 0 Å². The second kappa shape index (κ2) is 5.83. The maximum atomic E-state index is 4.38. The van der Waals surface area contributed by atoms with Crippen LogP contribution in [-0.4, -0.2) is 16.2 Å². The lowest BCUT2D eigenvalue weighted by molar-refractivity contribution is 1.05. The van der Waals surface area contributed by atoms with Crippen LogP contribution in [0.4, 0.5) is 5.69 Å². The molecule has 0 spiro atoms. The summed E-state index contributed by atoms with van der Waals surface area (Å²) >= 11 is 0. The van der Waals surface area contributed by atoms with Crippen LogP contribution in [0.1, 0.15) is 29.7 Å². The molecule has 0 radical (unpaired) electrons. The van der Waals surface area contributed by atoms with Crippen molar-refractivity contribution >= 4 is 23.0 Å². The average molecular weight is 275 g/mol. The zero-order valence-corrected chi connectivity index (χ0v) is 11.9. The SMILES string of the molecule is C=C(CCC(=C)c1ccncn1)c1ccc2c(c1)N=CC2. The number of benzene rings is 1. The molecule has 0 unspecified atom stereocenters. The minimum atomic E-state index is 0.843. The standard InChI is InChI=1S/C18H17N3/c1-13(3-4-14(2)17-8-9-19-12-21-17)16-6-5-15-7-10-20-18(15)11-16/h5-6,8-12H,1-4,7H2. The first-order chi connectivity index (χ1) is 10.2. The predicted octanol–water partition coefficient (Wildman–Crippen LogP) is 4.24. The molecule has 0 aliphatic carbocycles. The van der Waals surface area contributed by atoms with Crippen molar-refractivity contribution in [3.8, 4) is 0 Å². The number of nitrogens with zero attached hydrogens (tertiary/aromatic N) is 3. The fourth-order valence-electron chi connectivity index (χ4n) is 2.39. The van der Waals surface area contributed by atoms with E-state index in [1.54, 1.807) is 12.5 Å². The van der Waals surface area contributed by atoms with E-state index in [4.69, 9.17) is 0 Å². The Morgan fingerprint density at radius 1 is 1.10 bits per heavy atom. The number of hydrogen-bond donors (Lipinski definition) is 0. The van der Waals surface area contributed by atoms with Crippen molar-refractivity contribution in [2.75, 3.05) is 0 Å². The van der Waals surface area contributed by atoms with E-state index < -0.39 is 0 Å². The summed E-state index contributed by atoms with van der Waals surface area (Å²) in [4.78, 5) is 12.5. The second-order valence-electron chi connectivity index (χ2n) is 5.16. The number of allylic oxidation sites excluding steroid dienone is 2. The van der Waals surface area contributed by atoms with Crippen LogP contribution in [0, 0.1) is 0 Å². The van der Waals surface area contributed by atoms with E-state index in [9.17, 15) is 0 Å². The van der Waals surface area contributed by atoms with Crippen molar-refractivity contribution in [3.05, 3.63) is 66.8 Å². The van der Waals surface area contributed by atoms with E-state index in [1.165, 1.54) is 5.56 Å². The lowest BCUT2D eigenvalue weighted by Gasteiger charge is -2.09. The molecule has 1 aromatic carbocycles. The van der Waals surface area contributed by atoms with Crippen LogP contribution in [0.25, 0.3) is 11.1 Å². The molecule has 0 amide bonds. The maximum Gasteiger partial charge on any atom is 0.116 e. The van der Waals surface area contributed by atoms with E-state index in [2.05, 4.69) is 46.3 Å². The van der Waals surface area contributed by atoms with Gasteiger partial charge in [0.25, 0.3) is 0 Å². The Labute approximate surface area is 124 Å². The molecule has 1 aliphatic heterocycles. The first kappa shape index (κ1) is 13.4. The molecule has 2 heterocycles. The smallest absolute Gasteiger partial charge is 0.116 e. The summed E-state index contributed by atoms with van der Waals surface area (Å²) in [6, 6.07) is 8.27. The lowest BCUT2D eigenvalue weighted by atomic mass is 9.97. The summed E-state index contributed by atoms with van der Waals surface area (Å²) in [5, 5.41) is 0. The van der Waals surface area contributed by atoms with Gasteiger partial charge < -0.3 is 0 Å². The summed E-state index contributed by atoms with van der Waals surface area (Å²) in [5.41, 5.74) is 6.53. The van der Waals surface area contributed by atoms with Crippen LogP contribution in [0.3, 0.4) is 0 Å². The number of aliphatic imine (C=N–C) groups is 1. The van der Waals surface area contributed by atoms with Crippen molar-refractivity contribution in [2.24, 2.45) is 4.99 Å². The van der Waals surface area contributed by atoms with Gasteiger partial charge in [0.1, 0.15) is 6.33 Å². The predicted molar refractivity (Wildman–Crippen MR) is 87.6 cm³/mol. The summed E-state index contributed by atoms with van der Waals surface area (Å²) in [7, 11) is 0. The summed E-state index contributed by atoms with van der Waals surface area (Å²) in [6.45, 7) is 8.28. The molecule has 0 N–H and O–H groups in total. The van der Waals surface area contributed by atoms with Gasteiger partial charge in [-0.3, -0.25) is 4.99 Å². The van der Waals surface area contributed by atoms with Crippen molar-refractivity contribution < 1.29 is 0 Å². The molecule has 3 heteroatoms. The highest BCUT2D eigenvalue weighted by atomic mass is 14.8. The summed E-state index contributed by atoms with van der Waals surface area (Å²) in [6.07, 6.45) is 7.89. The molecule has 0 bridgehead atoms. The number of rotatable bonds is 5. The van der Waals surface area contributed by atoms with Crippen molar-refractivity contribution in [1.82, 2.24) is 9.97 Å². The molecule has 3 nitrogen and oxygen atoms in total. The zero-order valence-electron chi connectivity index (χ0n) is 11.9. The molecule has 1 aromatic heterocycles. The van der Waals surface area contributed by atoms with Gasteiger partial charge in [-0.2, -0.15) is 0 Å². The van der Waals surface area contributed by atoms with Gasteiger partial charge in [-0.15, -0.1) is 0 Å². The highest BCUT2D eigenvalue weighted by Gasteiger charge is 2.09. The van der Waals surface area contributed by atoms with Crippen molar-refractivity contribution in [3.63, 3.8) is 0 Å². The van der Waals surface area contributed by atoms with E-state index in [1.807, 2.05) is 12.3 Å². The van der Waals surface area contributed by atoms with E-state index in [0.29, 0.717) is 0 Å². The molecule has 0 saturated heterocycles. The molecule has 0 atom stereocenters. The fraction of sp³-hybridized carbons (Fsp3) is 0.167. The lowest BCUT2D eigenvalue weighted by Crippen LogP contribution is -1.91. The van der Waals surface area contributed by atoms with Gasteiger partial charge in [-0.1, -0.05) is 25.3 Å². The van der Waals surface area contributed by atoms with Crippen LogP contribution < -0.4 is 0 Å². The molecular formula is C18H17N3. The molecule has 0 saturated carbocycles. The van der Waals surface area contributed by atoms with Gasteiger partial charge in [-0.05, 0) is 47.2 Å². The third-order valence-corrected chi connectivity index (χ3v) is 3.71. The minimum Gasteiger partial charge on any atom is -0.261 e. The quantitative estimate of drug-likeness (QED) is 0.818. The minimum absolute atomic E-state index is 0.843. The highest BCUT2D eigenvalue weighted by molar-refractivity contribution is 5.78. The molecule has 1 aliphatic rings. The van der Waals surface area contributed by atoms with Crippen LogP contribution in [-0.2, 0) is 6.42 Å². The van der Waals surface area contributed by atoms with Gasteiger partial charge in [0, 0.05) is 18.8 Å². The van der Waals surface area contributed by atoms with E-state index in [-0.39, 0.29) is 0 Å². The zero-order chi connectivity index (χ0) is 14.7. The normalized spacial score (nSPS) is 12.2. The molecular weight excluding hydrogens is 258 g/mol. The van der Waals surface area contributed by atoms with Crippen LogP contribution in [0.5, 0.6) is 0 Å². The largest absolute Gasteiger partial charge is 0.261 e. The van der Waals surface area contributed by atoms with Crippen molar-refractivity contribution in [2.45, 2.75) is 19.3 Å². The van der Waals surface area contributed by atoms with Gasteiger partial charge >= 0.3 is 0 Å². The highest BCUT2D eigenvalue weighted by Crippen LogP contribution is 2.30. The van der Waals surface area contributed by atoms with Crippen LogP contribution in [0.15, 0.2) is 54.9 Å². The van der Waals surface area contributed by atoms with Gasteiger partial charge in [0.2, 0.25) is 0 Å². The second-order valence-corrected chi connectivity index (χ2v) is 5.16. The number of fused-ring (bicyclic) bond motifs is 1. The van der Waals surface area contributed by atoms with Gasteiger partial charge in [0.05, 0.1) is 11.4 Å². The molecule has 21 heavy (non-hydrogen) atoms. The Balaban J connectivity index is 1.64. The Kier molecular flexibility index (Phi) is 3.73. The van der Waals surface area contributed by atoms with Crippen LogP contribution in [0.2, 0.25) is 0 Å². The summed E-state index contributed by atoms with van der Waals surface area (Å²) < 4.78 is 0. The molecule has 3 rings (SSSR count). The fourth-order valence-corrected chi connectivity index (χ4v) is 2.39. The number of hydrogen-bond acceptors (Lipinski definition) is 3. The van der Waals surface area contributed by atoms with E-state index >= 15 is 0 Å². The third kappa shape index (κ3) is 2.97. The maximum absolute atomic E-state index is 4.38. The van der Waals surface area contributed by atoms with Gasteiger partial charge in [-0.25, -0.2) is 9.97 Å². The third-order valence-electron chi connectivity index (χ3n) is 3.71. The summed E-state index contributed by atoms with van der Waals surface area (Å²) in [5.74, 6) is 0. The monoisotopic (exact) mass is 275 g/mol. The van der Waals surface area contributed by atoms with E-state index in [0.717, 1.165) is 47.4 Å². The topological polar surface area (TPSA) is 38.1 Å². The first-order valence-corrected chi connectivity index (χ1v) is 7.02. The van der Waals surface area contributed by atoms with Gasteiger partial charge in [0.15, 0.2) is 0 Å². The Hall–Kier alpha value is -2.55. The number of aromatic nitrogens is 2. The first-order valence-electron chi connectivity index (χ1n) is 7.02. The Morgan fingerprint density at radius 2 is 1.95 bits per heavy atom. The Bertz CT molecular complexity index is 714. The Morgan fingerprint density at radius 3 is 2.76 bits per heavy atom. The molecule has 104 valence electrons. The molecule has 2 aromatic rings. The average Bonchev–Trinajstić information content (AvgIpc) is 3.00.